The number of carbonyl (C=O) groups excluding carboxylic acids is 4. The minimum atomic E-state index is -1.56. The van der Waals surface area contributed by atoms with Gasteiger partial charge in [0.15, 0.2) is 6.10 Å². The third-order valence-electron chi connectivity index (χ3n) is 8.56. The molecule has 0 spiro atoms. The molecule has 0 bridgehead atoms. The molecule has 5 N–H and O–H groups in total. The van der Waals surface area contributed by atoms with E-state index in [1.165, 1.54) is 4.90 Å². The predicted molar refractivity (Wildman–Crippen MR) is 159 cm³/mol. The molecule has 11 nitrogen and oxygen atoms in total. The average molecular weight is 599 g/mol. The van der Waals surface area contributed by atoms with Gasteiger partial charge in [0.1, 0.15) is 18.7 Å². The van der Waals surface area contributed by atoms with Crippen molar-refractivity contribution in [3.8, 4) is 0 Å². The summed E-state index contributed by atoms with van der Waals surface area (Å²) in [5.74, 6) is -2.07. The van der Waals surface area contributed by atoms with Crippen molar-refractivity contribution in [2.24, 2.45) is 11.7 Å². The van der Waals surface area contributed by atoms with Gasteiger partial charge in [-0.05, 0) is 64.4 Å². The molecule has 0 aliphatic carbocycles. The number of aliphatic hydroxyl groups excluding tert-OH is 1. The number of nitrogens with one attached hydrogen (secondary N) is 2. The van der Waals surface area contributed by atoms with E-state index in [0.29, 0.717) is 32.1 Å². The van der Waals surface area contributed by atoms with Gasteiger partial charge in [-0.3, -0.25) is 14.4 Å². The highest BCUT2D eigenvalue weighted by atomic mass is 16.5. The molecule has 2 saturated heterocycles. The van der Waals surface area contributed by atoms with Crippen LogP contribution >= 0.6 is 0 Å². The van der Waals surface area contributed by atoms with Crippen molar-refractivity contribution in [2.75, 3.05) is 6.54 Å². The van der Waals surface area contributed by atoms with Crippen molar-refractivity contribution in [1.82, 2.24) is 15.5 Å². The summed E-state index contributed by atoms with van der Waals surface area (Å²) in [6.45, 7) is 4.15. The first-order chi connectivity index (χ1) is 20.6. The molecule has 1 aromatic rings. The van der Waals surface area contributed by atoms with Crippen LogP contribution in [-0.4, -0.2) is 76.3 Å². The Morgan fingerprint density at radius 2 is 1.79 bits per heavy atom. The minimum Gasteiger partial charge on any atom is -0.445 e. The van der Waals surface area contributed by atoms with Crippen LogP contribution in [-0.2, 0) is 30.5 Å². The van der Waals surface area contributed by atoms with Gasteiger partial charge in [-0.1, -0.05) is 55.3 Å². The van der Waals surface area contributed by atoms with Gasteiger partial charge < -0.3 is 35.8 Å². The Bertz CT molecular complexity index is 1160. The molecule has 3 heterocycles. The SMILES string of the molecule is CC1(C)C[C@H]2C(CN3C(=O)[C@@H](NC(=O)OCc4ccccc4)CCCC/C=C/CCCC[C@@H](C(O)C(N)=O)NC(=O)[C@H]23)O1. The molecule has 4 amide bonds. The van der Waals surface area contributed by atoms with Crippen LogP contribution in [0.1, 0.15) is 77.2 Å². The number of hydrogen-bond donors (Lipinski definition) is 4. The highest BCUT2D eigenvalue weighted by Crippen LogP contribution is 2.43. The van der Waals surface area contributed by atoms with Crippen LogP contribution in [0.5, 0.6) is 0 Å². The maximum Gasteiger partial charge on any atom is 0.408 e. The number of carbonyl (C=O) groups is 4. The van der Waals surface area contributed by atoms with E-state index >= 15 is 0 Å². The Labute approximate surface area is 253 Å². The van der Waals surface area contributed by atoms with Crippen LogP contribution in [0.25, 0.3) is 0 Å². The van der Waals surface area contributed by atoms with Crippen molar-refractivity contribution in [3.63, 3.8) is 0 Å². The largest absolute Gasteiger partial charge is 0.445 e. The summed E-state index contributed by atoms with van der Waals surface area (Å²) in [4.78, 5) is 54.3. The van der Waals surface area contributed by atoms with Gasteiger partial charge in [0, 0.05) is 12.5 Å². The summed E-state index contributed by atoms with van der Waals surface area (Å²) in [5, 5.41) is 16.2. The second-order valence-corrected chi connectivity index (χ2v) is 12.5. The summed E-state index contributed by atoms with van der Waals surface area (Å²) in [6.07, 6.45) is 7.52. The quantitative estimate of drug-likeness (QED) is 0.379. The molecule has 6 atom stereocenters. The fourth-order valence-corrected chi connectivity index (χ4v) is 6.45. The van der Waals surface area contributed by atoms with Crippen LogP contribution in [0.3, 0.4) is 0 Å². The standard InChI is InChI=1S/C32H46N4O7/c1-32(2)18-22-25(43-32)19-36-26(22)29(39)34-23(27(37)28(33)38)16-12-7-5-3-4-6-8-13-17-24(30(36)40)35-31(41)42-20-21-14-10-9-11-15-21/h3-4,9-11,14-15,22-27,37H,5-8,12-13,16-20H2,1-2H3,(H2,33,38)(H,34,39)(H,35,41)/b4-3+/t22-,23-,24-,25?,26-,27?/m0/s1. The van der Waals surface area contributed by atoms with E-state index in [4.69, 9.17) is 15.2 Å². The van der Waals surface area contributed by atoms with Gasteiger partial charge in [-0.25, -0.2) is 4.79 Å². The van der Waals surface area contributed by atoms with E-state index in [1.807, 2.05) is 44.2 Å². The molecule has 4 rings (SSSR count). The molecule has 3 aliphatic heterocycles. The van der Waals surface area contributed by atoms with E-state index in [2.05, 4.69) is 22.8 Å². The molecule has 236 valence electrons. The zero-order valence-corrected chi connectivity index (χ0v) is 25.2. The maximum absolute atomic E-state index is 14.1. The molecular formula is C32H46N4O7. The number of ether oxygens (including phenoxy) is 2. The molecule has 0 saturated carbocycles. The van der Waals surface area contributed by atoms with Crippen LogP contribution in [0.2, 0.25) is 0 Å². The average Bonchev–Trinajstić information content (AvgIpc) is 3.46. The van der Waals surface area contributed by atoms with Gasteiger partial charge in [-0.15, -0.1) is 0 Å². The molecular weight excluding hydrogens is 552 g/mol. The highest BCUT2D eigenvalue weighted by Gasteiger charge is 2.56. The fourth-order valence-electron chi connectivity index (χ4n) is 6.45. The van der Waals surface area contributed by atoms with Gasteiger partial charge in [0.2, 0.25) is 17.7 Å². The zero-order valence-electron chi connectivity index (χ0n) is 25.2. The molecule has 1 aromatic carbocycles. The number of hydrogen-bond acceptors (Lipinski definition) is 7. The maximum atomic E-state index is 14.1. The van der Waals surface area contributed by atoms with Crippen LogP contribution in [0.4, 0.5) is 4.79 Å². The topological polar surface area (TPSA) is 160 Å². The molecule has 43 heavy (non-hydrogen) atoms. The first-order valence-corrected chi connectivity index (χ1v) is 15.4. The molecule has 11 heteroatoms. The third-order valence-corrected chi connectivity index (χ3v) is 8.56. The number of fused-ring (bicyclic) bond motifs is 3. The summed E-state index contributed by atoms with van der Waals surface area (Å²) in [7, 11) is 0. The molecule has 2 fully saturated rings. The van der Waals surface area contributed by atoms with Crippen molar-refractivity contribution >= 4 is 23.8 Å². The van der Waals surface area contributed by atoms with E-state index < -0.39 is 47.7 Å². The van der Waals surface area contributed by atoms with E-state index in [9.17, 15) is 24.3 Å². The first-order valence-electron chi connectivity index (χ1n) is 15.4. The predicted octanol–water partition coefficient (Wildman–Crippen LogP) is 2.70. The Hall–Kier alpha value is -3.44. The number of alkyl carbamates (subject to hydrolysis) is 1. The Morgan fingerprint density at radius 1 is 1.12 bits per heavy atom. The number of aliphatic hydroxyl groups is 1. The summed E-state index contributed by atoms with van der Waals surface area (Å²) >= 11 is 0. The number of benzene rings is 1. The summed E-state index contributed by atoms with van der Waals surface area (Å²) in [5.41, 5.74) is 5.76. The molecule has 3 aliphatic rings. The van der Waals surface area contributed by atoms with Crippen molar-refractivity contribution in [2.45, 2.75) is 114 Å². The van der Waals surface area contributed by atoms with E-state index in [1.54, 1.807) is 0 Å². The first kappa shape index (κ1) is 32.5. The van der Waals surface area contributed by atoms with Gasteiger partial charge in [0.25, 0.3) is 0 Å². The highest BCUT2D eigenvalue weighted by molar-refractivity contribution is 5.93. The Kier molecular flexibility index (Phi) is 11.2. The second kappa shape index (κ2) is 14.8. The monoisotopic (exact) mass is 598 g/mol. The Balaban J connectivity index is 1.57. The zero-order chi connectivity index (χ0) is 31.0. The fraction of sp³-hybridized carbons (Fsp3) is 0.625. The lowest BCUT2D eigenvalue weighted by molar-refractivity contribution is -0.143. The van der Waals surface area contributed by atoms with Crippen LogP contribution < -0.4 is 16.4 Å². The van der Waals surface area contributed by atoms with Crippen molar-refractivity contribution in [3.05, 3.63) is 48.0 Å². The van der Waals surface area contributed by atoms with Gasteiger partial charge in [0.05, 0.1) is 17.7 Å². The van der Waals surface area contributed by atoms with Crippen LogP contribution in [0.15, 0.2) is 42.5 Å². The van der Waals surface area contributed by atoms with E-state index in [0.717, 1.165) is 31.2 Å². The Morgan fingerprint density at radius 3 is 2.47 bits per heavy atom. The van der Waals surface area contributed by atoms with Crippen molar-refractivity contribution in [1.29, 1.82) is 0 Å². The van der Waals surface area contributed by atoms with E-state index in [-0.39, 0.29) is 31.1 Å². The number of primary amides is 1. The number of amides is 4. The lowest BCUT2D eigenvalue weighted by atomic mass is 9.89. The molecule has 0 radical (unpaired) electrons. The van der Waals surface area contributed by atoms with Crippen molar-refractivity contribution < 1.29 is 33.8 Å². The summed E-state index contributed by atoms with van der Waals surface area (Å²) in [6, 6.07) is 6.57. The lowest BCUT2D eigenvalue weighted by Gasteiger charge is -2.33. The second-order valence-electron chi connectivity index (χ2n) is 12.5. The van der Waals surface area contributed by atoms with Gasteiger partial charge in [-0.2, -0.15) is 0 Å². The third kappa shape index (κ3) is 8.79. The lowest BCUT2D eigenvalue weighted by Crippen LogP contribution is -2.58. The van der Waals surface area contributed by atoms with Gasteiger partial charge >= 0.3 is 6.09 Å². The number of nitrogens with two attached hydrogens (primary N) is 1. The van der Waals surface area contributed by atoms with Crippen LogP contribution in [0, 0.1) is 5.92 Å². The number of allylic oxidation sites excluding steroid dienone is 2. The number of nitrogens with zero attached hydrogens (tertiary/aromatic N) is 1. The molecule has 2 unspecified atom stereocenters. The summed E-state index contributed by atoms with van der Waals surface area (Å²) < 4.78 is 11.7. The normalized spacial score (nSPS) is 29.8. The minimum absolute atomic E-state index is 0.0593. The smallest absolute Gasteiger partial charge is 0.408 e. The molecule has 0 aromatic heterocycles. The number of rotatable bonds is 5.